The van der Waals surface area contributed by atoms with Crippen molar-refractivity contribution in [3.05, 3.63) is 64.2 Å². The minimum Gasteiger partial charge on any atom is -0.381 e. The first-order chi connectivity index (χ1) is 9.19. The smallest absolute Gasteiger partial charge is 0.0713 e. The van der Waals surface area contributed by atoms with Gasteiger partial charge in [0, 0.05) is 24.4 Å². The minimum absolute atomic E-state index is 0.643. The van der Waals surface area contributed by atoms with Crippen molar-refractivity contribution in [2.24, 2.45) is 0 Å². The van der Waals surface area contributed by atoms with E-state index in [0.29, 0.717) is 6.61 Å². The molecule has 0 fully saturated rings. The average molecular weight is 276 g/mol. The molecule has 0 aliphatic rings. The number of rotatable bonds is 5. The summed E-state index contributed by atoms with van der Waals surface area (Å²) in [5.41, 5.74) is 4.54. The number of methoxy groups -OCH3 is 1. The van der Waals surface area contributed by atoms with Crippen LogP contribution in [0.5, 0.6) is 0 Å². The molecule has 0 bridgehead atoms. The van der Waals surface area contributed by atoms with Crippen molar-refractivity contribution in [3.8, 4) is 0 Å². The van der Waals surface area contributed by atoms with E-state index in [0.717, 1.165) is 22.8 Å². The SMILES string of the molecule is COCc1cccc(CNc2ccc(C)c(Cl)c2)c1. The number of hydrogen-bond acceptors (Lipinski definition) is 2. The molecule has 0 aromatic heterocycles. The Kier molecular flexibility index (Phi) is 4.83. The molecule has 2 nitrogen and oxygen atoms in total. The Morgan fingerprint density at radius 2 is 1.89 bits per heavy atom. The van der Waals surface area contributed by atoms with Crippen LogP contribution in [0.15, 0.2) is 42.5 Å². The van der Waals surface area contributed by atoms with Gasteiger partial charge in [-0.1, -0.05) is 41.9 Å². The molecule has 0 aliphatic carbocycles. The van der Waals surface area contributed by atoms with Gasteiger partial charge in [-0.3, -0.25) is 0 Å². The van der Waals surface area contributed by atoms with Crippen LogP contribution in [-0.2, 0) is 17.9 Å². The van der Waals surface area contributed by atoms with E-state index in [1.54, 1.807) is 7.11 Å². The van der Waals surface area contributed by atoms with Crippen LogP contribution in [0.3, 0.4) is 0 Å². The van der Waals surface area contributed by atoms with Gasteiger partial charge in [-0.25, -0.2) is 0 Å². The zero-order valence-corrected chi connectivity index (χ0v) is 12.0. The summed E-state index contributed by atoms with van der Waals surface area (Å²) in [6.07, 6.45) is 0. The van der Waals surface area contributed by atoms with Gasteiger partial charge in [-0.05, 0) is 35.7 Å². The Labute approximate surface area is 119 Å². The molecule has 2 rings (SSSR count). The topological polar surface area (TPSA) is 21.3 Å². The Bertz CT molecular complexity index is 554. The van der Waals surface area contributed by atoms with E-state index in [-0.39, 0.29) is 0 Å². The largest absolute Gasteiger partial charge is 0.381 e. The first-order valence-corrected chi connectivity index (χ1v) is 6.63. The van der Waals surface area contributed by atoms with Crippen LogP contribution in [0, 0.1) is 6.92 Å². The molecule has 19 heavy (non-hydrogen) atoms. The number of hydrogen-bond donors (Lipinski definition) is 1. The van der Waals surface area contributed by atoms with Crippen LogP contribution in [0.2, 0.25) is 5.02 Å². The molecule has 100 valence electrons. The maximum atomic E-state index is 6.11. The molecule has 0 saturated carbocycles. The van der Waals surface area contributed by atoms with Crippen molar-refractivity contribution in [2.45, 2.75) is 20.1 Å². The number of aryl methyl sites for hydroxylation is 1. The van der Waals surface area contributed by atoms with E-state index in [9.17, 15) is 0 Å². The van der Waals surface area contributed by atoms with E-state index in [1.165, 1.54) is 11.1 Å². The second-order valence-corrected chi connectivity index (χ2v) is 4.98. The summed E-state index contributed by atoms with van der Waals surface area (Å²) in [5.74, 6) is 0. The Balaban J connectivity index is 2.01. The second-order valence-electron chi connectivity index (χ2n) is 4.57. The van der Waals surface area contributed by atoms with Crippen molar-refractivity contribution >= 4 is 17.3 Å². The fraction of sp³-hybridized carbons (Fsp3) is 0.250. The molecule has 0 unspecified atom stereocenters. The minimum atomic E-state index is 0.643. The van der Waals surface area contributed by atoms with Crippen LogP contribution in [0.25, 0.3) is 0 Å². The van der Waals surface area contributed by atoms with Crippen molar-refractivity contribution in [1.82, 2.24) is 0 Å². The van der Waals surface area contributed by atoms with Crippen LogP contribution < -0.4 is 5.32 Å². The number of halogens is 1. The quantitative estimate of drug-likeness (QED) is 0.873. The first-order valence-electron chi connectivity index (χ1n) is 6.26. The van der Waals surface area contributed by atoms with Crippen molar-refractivity contribution in [2.75, 3.05) is 12.4 Å². The van der Waals surface area contributed by atoms with Gasteiger partial charge in [0.1, 0.15) is 0 Å². The van der Waals surface area contributed by atoms with Gasteiger partial charge in [0.25, 0.3) is 0 Å². The highest BCUT2D eigenvalue weighted by Gasteiger charge is 1.99. The number of nitrogens with one attached hydrogen (secondary N) is 1. The number of benzene rings is 2. The third kappa shape index (κ3) is 3.98. The molecule has 0 heterocycles. The fourth-order valence-electron chi connectivity index (χ4n) is 1.90. The lowest BCUT2D eigenvalue weighted by Crippen LogP contribution is -2.00. The van der Waals surface area contributed by atoms with Gasteiger partial charge in [0.15, 0.2) is 0 Å². The van der Waals surface area contributed by atoms with E-state index in [1.807, 2.05) is 31.2 Å². The molecule has 0 amide bonds. The van der Waals surface area contributed by atoms with E-state index < -0.39 is 0 Å². The highest BCUT2D eigenvalue weighted by Crippen LogP contribution is 2.20. The van der Waals surface area contributed by atoms with Crippen LogP contribution in [0.1, 0.15) is 16.7 Å². The summed E-state index contributed by atoms with van der Waals surface area (Å²) < 4.78 is 5.14. The molecule has 1 N–H and O–H groups in total. The van der Waals surface area contributed by atoms with Gasteiger partial charge < -0.3 is 10.1 Å². The van der Waals surface area contributed by atoms with Gasteiger partial charge in [-0.15, -0.1) is 0 Å². The maximum Gasteiger partial charge on any atom is 0.0713 e. The van der Waals surface area contributed by atoms with Crippen LogP contribution in [-0.4, -0.2) is 7.11 Å². The van der Waals surface area contributed by atoms with Gasteiger partial charge in [0.2, 0.25) is 0 Å². The predicted molar refractivity (Wildman–Crippen MR) is 80.7 cm³/mol. The standard InChI is InChI=1S/C16H18ClNO/c1-12-6-7-15(9-16(12)17)18-10-13-4-3-5-14(8-13)11-19-2/h3-9,18H,10-11H2,1-2H3. The zero-order chi connectivity index (χ0) is 13.7. The van der Waals surface area contributed by atoms with Gasteiger partial charge >= 0.3 is 0 Å². The molecule has 3 heteroatoms. The summed E-state index contributed by atoms with van der Waals surface area (Å²) in [6, 6.07) is 14.4. The average Bonchev–Trinajstić information content (AvgIpc) is 2.41. The normalized spacial score (nSPS) is 10.5. The maximum absolute atomic E-state index is 6.11. The van der Waals surface area contributed by atoms with Crippen molar-refractivity contribution in [3.63, 3.8) is 0 Å². The molecule has 0 radical (unpaired) electrons. The Morgan fingerprint density at radius 3 is 2.63 bits per heavy atom. The molecule has 0 aliphatic heterocycles. The highest BCUT2D eigenvalue weighted by molar-refractivity contribution is 6.31. The van der Waals surface area contributed by atoms with Gasteiger partial charge in [0.05, 0.1) is 6.61 Å². The monoisotopic (exact) mass is 275 g/mol. The third-order valence-corrected chi connectivity index (χ3v) is 3.38. The molecule has 0 saturated heterocycles. The summed E-state index contributed by atoms with van der Waals surface area (Å²) in [4.78, 5) is 0. The molecular formula is C16H18ClNO. The lowest BCUT2D eigenvalue weighted by Gasteiger charge is -2.09. The Hall–Kier alpha value is -1.51. The third-order valence-electron chi connectivity index (χ3n) is 2.97. The predicted octanol–water partition coefficient (Wildman–Crippen LogP) is 4.41. The first kappa shape index (κ1) is 13.9. The fourth-order valence-corrected chi connectivity index (χ4v) is 2.08. The number of ether oxygens (including phenoxy) is 1. The lowest BCUT2D eigenvalue weighted by atomic mass is 10.1. The van der Waals surface area contributed by atoms with Crippen molar-refractivity contribution < 1.29 is 4.74 Å². The Morgan fingerprint density at radius 1 is 1.11 bits per heavy atom. The van der Waals surface area contributed by atoms with Crippen LogP contribution in [0.4, 0.5) is 5.69 Å². The molecular weight excluding hydrogens is 258 g/mol. The van der Waals surface area contributed by atoms with Gasteiger partial charge in [-0.2, -0.15) is 0 Å². The van der Waals surface area contributed by atoms with Crippen molar-refractivity contribution in [1.29, 1.82) is 0 Å². The summed E-state index contributed by atoms with van der Waals surface area (Å²) >= 11 is 6.11. The summed E-state index contributed by atoms with van der Waals surface area (Å²) in [6.45, 7) is 3.42. The molecule has 0 atom stereocenters. The highest BCUT2D eigenvalue weighted by atomic mass is 35.5. The van der Waals surface area contributed by atoms with E-state index in [2.05, 4.69) is 23.5 Å². The van der Waals surface area contributed by atoms with E-state index >= 15 is 0 Å². The van der Waals surface area contributed by atoms with Crippen LogP contribution >= 0.6 is 11.6 Å². The summed E-state index contributed by atoms with van der Waals surface area (Å²) in [7, 11) is 1.71. The molecule has 2 aromatic carbocycles. The zero-order valence-electron chi connectivity index (χ0n) is 11.2. The van der Waals surface area contributed by atoms with E-state index in [4.69, 9.17) is 16.3 Å². The molecule has 0 spiro atoms. The lowest BCUT2D eigenvalue weighted by molar-refractivity contribution is 0.185. The molecule has 2 aromatic rings. The second kappa shape index (κ2) is 6.60. The summed E-state index contributed by atoms with van der Waals surface area (Å²) in [5, 5.41) is 4.16. The number of anilines is 1.